The number of hydrogen-bond donors (Lipinski definition) is 2. The smallest absolute Gasteiger partial charge is 0.415 e. The van der Waals surface area contributed by atoms with Crippen LogP contribution in [-0.4, -0.2) is 73.8 Å². The van der Waals surface area contributed by atoms with Crippen LogP contribution in [0.15, 0.2) is 29.1 Å². The molecule has 11 heteroatoms. The number of cyclic esters (lactones) is 1. The van der Waals surface area contributed by atoms with Crippen LogP contribution in [0.1, 0.15) is 80.9 Å². The van der Waals surface area contributed by atoms with Crippen molar-refractivity contribution in [3.8, 4) is 17.1 Å². The highest BCUT2D eigenvalue weighted by molar-refractivity contribution is 5.90. The Labute approximate surface area is 255 Å². The number of fused-ring (bicyclic) bond motifs is 5. The maximum absolute atomic E-state index is 13.6. The molecular formula is C33H38N4O7. The minimum absolute atomic E-state index is 0.0282. The fourth-order valence-corrected chi connectivity index (χ4v) is 7.53. The monoisotopic (exact) mass is 602 g/mol. The quantitative estimate of drug-likeness (QED) is 0.430. The summed E-state index contributed by atoms with van der Waals surface area (Å²) in [5, 5.41) is 23.4. The second-order valence-corrected chi connectivity index (χ2v) is 12.3. The molecule has 44 heavy (non-hydrogen) atoms. The first-order chi connectivity index (χ1) is 21.2. The van der Waals surface area contributed by atoms with Crippen LogP contribution in [0, 0.1) is 0 Å². The molecule has 0 spiro atoms. The average molecular weight is 603 g/mol. The molecule has 0 radical (unpaired) electrons. The van der Waals surface area contributed by atoms with Gasteiger partial charge < -0.3 is 29.5 Å². The molecule has 11 nitrogen and oxygen atoms in total. The molecule has 2 fully saturated rings. The number of aliphatic hydroxyl groups is 2. The predicted octanol–water partition coefficient (Wildman–Crippen LogP) is 3.58. The van der Waals surface area contributed by atoms with Crippen molar-refractivity contribution in [1.82, 2.24) is 19.4 Å². The lowest BCUT2D eigenvalue weighted by Gasteiger charge is -2.39. The van der Waals surface area contributed by atoms with E-state index >= 15 is 0 Å². The number of hydrogen-bond acceptors (Lipinski definition) is 9. The van der Waals surface area contributed by atoms with Crippen LogP contribution in [0.2, 0.25) is 0 Å². The average Bonchev–Trinajstić information content (AvgIpc) is 3.33. The summed E-state index contributed by atoms with van der Waals surface area (Å²) in [6, 6.07) is 7.35. The molecule has 232 valence electrons. The molecule has 2 atom stereocenters. The van der Waals surface area contributed by atoms with Crippen molar-refractivity contribution >= 4 is 23.0 Å². The standard InChI is InChI=1S/C33H38N4O7/c1-3-21-22-16-20(44-32(41)36-14-10-19(11-15-36)35-12-6-5-7-13-35)8-9-25(22)34-28-26-17-24-23(18-43-31(40)33(24,42)4-2)29(38)37(26)30(39)27(21)28/h8-9,16-17,19,30,39,42H,3-7,10-15,18H2,1-2H3/t30?,33-/m0/s1. The van der Waals surface area contributed by atoms with E-state index in [0.717, 1.165) is 31.5 Å². The Balaban J connectivity index is 1.19. The van der Waals surface area contributed by atoms with Crippen LogP contribution in [0.25, 0.3) is 22.3 Å². The minimum atomic E-state index is -1.96. The summed E-state index contributed by atoms with van der Waals surface area (Å²) in [5.74, 6) is -0.414. The second-order valence-electron chi connectivity index (χ2n) is 12.3. The summed E-state index contributed by atoms with van der Waals surface area (Å²) >= 11 is 0. The summed E-state index contributed by atoms with van der Waals surface area (Å²) in [6.07, 6.45) is 4.55. The van der Waals surface area contributed by atoms with Crippen molar-refractivity contribution in [1.29, 1.82) is 0 Å². The number of amides is 1. The van der Waals surface area contributed by atoms with Gasteiger partial charge in [0.05, 0.1) is 22.5 Å². The van der Waals surface area contributed by atoms with Crippen LogP contribution in [-0.2, 0) is 28.2 Å². The largest absolute Gasteiger partial charge is 0.458 e. The first kappa shape index (κ1) is 28.9. The van der Waals surface area contributed by atoms with Crippen molar-refractivity contribution in [2.45, 2.75) is 83.3 Å². The van der Waals surface area contributed by atoms with Gasteiger partial charge in [0.15, 0.2) is 11.8 Å². The zero-order valence-electron chi connectivity index (χ0n) is 25.2. The highest BCUT2D eigenvalue weighted by atomic mass is 16.6. The van der Waals surface area contributed by atoms with E-state index in [-0.39, 0.29) is 30.2 Å². The number of pyridine rings is 2. The molecule has 0 aliphatic carbocycles. The number of carbonyl (C=O) groups is 2. The number of nitrogens with zero attached hydrogens (tertiary/aromatic N) is 4. The summed E-state index contributed by atoms with van der Waals surface area (Å²) in [7, 11) is 0. The molecule has 2 aromatic heterocycles. The number of benzene rings is 1. The summed E-state index contributed by atoms with van der Waals surface area (Å²) in [5.41, 5.74) is 0.453. The number of aliphatic hydroxyl groups excluding tert-OH is 1. The zero-order chi connectivity index (χ0) is 30.7. The molecule has 1 unspecified atom stereocenters. The Morgan fingerprint density at radius 2 is 1.84 bits per heavy atom. The zero-order valence-corrected chi connectivity index (χ0v) is 25.2. The first-order valence-electron chi connectivity index (χ1n) is 15.8. The van der Waals surface area contributed by atoms with Gasteiger partial charge in [-0.3, -0.25) is 9.36 Å². The van der Waals surface area contributed by atoms with Gasteiger partial charge in [0.25, 0.3) is 5.56 Å². The van der Waals surface area contributed by atoms with E-state index in [9.17, 15) is 24.6 Å². The van der Waals surface area contributed by atoms with Gasteiger partial charge in [-0.25, -0.2) is 14.6 Å². The highest BCUT2D eigenvalue weighted by Crippen LogP contribution is 2.44. The van der Waals surface area contributed by atoms with Crippen LogP contribution < -0.4 is 10.3 Å². The topological polar surface area (TPSA) is 134 Å². The molecule has 1 aromatic carbocycles. The Bertz CT molecular complexity index is 1720. The minimum Gasteiger partial charge on any atom is -0.458 e. The van der Waals surface area contributed by atoms with Crippen LogP contribution in [0.4, 0.5) is 4.79 Å². The number of piperidine rings is 2. The fraction of sp³-hybridized carbons (Fsp3) is 0.515. The molecule has 2 N–H and O–H groups in total. The number of rotatable bonds is 4. The van der Waals surface area contributed by atoms with E-state index < -0.39 is 23.4 Å². The van der Waals surface area contributed by atoms with Crippen LogP contribution in [0.3, 0.4) is 0 Å². The SMILES string of the molecule is CCc1c2c(nc3ccc(OC(=O)N4CCC(N5CCCCC5)CC4)cc13)-c1cc3c(c(=O)n1C2O)COC(=O)[C@]3(O)CC. The van der Waals surface area contributed by atoms with E-state index in [2.05, 4.69) is 4.90 Å². The van der Waals surface area contributed by atoms with Crippen molar-refractivity contribution < 1.29 is 29.3 Å². The van der Waals surface area contributed by atoms with E-state index in [1.807, 2.05) is 6.92 Å². The molecule has 7 rings (SSSR count). The Morgan fingerprint density at radius 1 is 1.09 bits per heavy atom. The molecule has 3 aromatic rings. The maximum Gasteiger partial charge on any atom is 0.415 e. The Morgan fingerprint density at radius 3 is 2.55 bits per heavy atom. The summed E-state index contributed by atoms with van der Waals surface area (Å²) in [4.78, 5) is 48.4. The molecule has 2 saturated heterocycles. The van der Waals surface area contributed by atoms with Crippen LogP contribution >= 0.6 is 0 Å². The molecule has 4 aliphatic heterocycles. The molecule has 6 heterocycles. The maximum atomic E-state index is 13.6. The summed E-state index contributed by atoms with van der Waals surface area (Å²) in [6.45, 7) is 6.94. The first-order valence-corrected chi connectivity index (χ1v) is 15.8. The van der Waals surface area contributed by atoms with Gasteiger partial charge in [-0.05, 0) is 81.4 Å². The number of esters is 1. The van der Waals surface area contributed by atoms with Gasteiger partial charge in [-0.1, -0.05) is 20.3 Å². The molecule has 1 amide bonds. The molecule has 0 saturated carbocycles. The van der Waals surface area contributed by atoms with Gasteiger partial charge in [-0.2, -0.15) is 0 Å². The van der Waals surface area contributed by atoms with Gasteiger partial charge in [0.1, 0.15) is 12.4 Å². The number of likely N-dealkylation sites (tertiary alicyclic amines) is 2. The third-order valence-corrected chi connectivity index (χ3v) is 10.0. The predicted molar refractivity (Wildman–Crippen MR) is 161 cm³/mol. The normalized spacial score (nSPS) is 23.7. The van der Waals surface area contributed by atoms with Crippen LogP contribution in [0.5, 0.6) is 5.75 Å². The number of aromatic nitrogens is 2. The highest BCUT2D eigenvalue weighted by Gasteiger charge is 2.46. The Kier molecular flexibility index (Phi) is 7.22. The van der Waals surface area contributed by atoms with Gasteiger partial charge in [0.2, 0.25) is 0 Å². The number of carbonyl (C=O) groups excluding carboxylic acids is 2. The van der Waals surface area contributed by atoms with Gasteiger partial charge in [0, 0.05) is 35.6 Å². The molecular weight excluding hydrogens is 564 g/mol. The lowest BCUT2D eigenvalue weighted by atomic mass is 9.86. The van der Waals surface area contributed by atoms with E-state index in [0.29, 0.717) is 59.2 Å². The molecule has 4 aliphatic rings. The second kappa shape index (κ2) is 11.0. The van der Waals surface area contributed by atoms with Crippen molar-refractivity contribution in [3.05, 3.63) is 56.9 Å². The lowest BCUT2D eigenvalue weighted by Crippen LogP contribution is -2.48. The number of ether oxygens (including phenoxy) is 2. The third-order valence-electron chi connectivity index (χ3n) is 10.0. The van der Waals surface area contributed by atoms with Crippen molar-refractivity contribution in [2.24, 2.45) is 0 Å². The molecule has 0 bridgehead atoms. The fourth-order valence-electron chi connectivity index (χ4n) is 7.53. The Hall–Kier alpha value is -3.80. The third kappa shape index (κ3) is 4.43. The van der Waals surface area contributed by atoms with E-state index in [1.54, 1.807) is 36.1 Å². The van der Waals surface area contributed by atoms with Gasteiger partial charge in [-0.15, -0.1) is 0 Å². The summed E-state index contributed by atoms with van der Waals surface area (Å²) < 4.78 is 12.2. The van der Waals surface area contributed by atoms with Crippen molar-refractivity contribution in [3.63, 3.8) is 0 Å². The van der Waals surface area contributed by atoms with Crippen molar-refractivity contribution in [2.75, 3.05) is 26.2 Å². The van der Waals surface area contributed by atoms with Gasteiger partial charge >= 0.3 is 12.1 Å². The van der Waals surface area contributed by atoms with E-state index in [1.165, 1.54) is 23.8 Å². The number of aryl methyl sites for hydroxylation is 1. The lowest BCUT2D eigenvalue weighted by molar-refractivity contribution is -0.172. The van der Waals surface area contributed by atoms with E-state index in [4.69, 9.17) is 14.5 Å².